The van der Waals surface area contributed by atoms with Crippen LogP contribution in [0.5, 0.6) is 0 Å². The fraction of sp³-hybridized carbons (Fsp3) is 0.462. The average molecular weight is 327 g/mol. The second-order valence-corrected chi connectivity index (χ2v) is 7.90. The van der Waals surface area contributed by atoms with Crippen LogP contribution in [0.3, 0.4) is 0 Å². The van der Waals surface area contributed by atoms with Gasteiger partial charge in [-0.15, -0.1) is 11.3 Å². The minimum absolute atomic E-state index is 0.141. The molecule has 0 amide bonds. The Labute approximate surface area is 127 Å². The Morgan fingerprint density at radius 3 is 2.86 bits per heavy atom. The number of aliphatic hydroxyl groups excluding tert-OH is 1. The van der Waals surface area contributed by atoms with Crippen molar-refractivity contribution in [2.24, 2.45) is 7.05 Å². The maximum absolute atomic E-state index is 12.4. The first-order valence-electron chi connectivity index (χ1n) is 6.77. The molecule has 0 atom stereocenters. The topological polar surface area (TPSA) is 84.2 Å². The third-order valence-electron chi connectivity index (χ3n) is 3.62. The highest BCUT2D eigenvalue weighted by molar-refractivity contribution is 7.93. The van der Waals surface area contributed by atoms with E-state index in [2.05, 4.69) is 9.71 Å². The number of hydrogen-bond acceptors (Lipinski definition) is 5. The Balaban J connectivity index is 1.86. The first-order chi connectivity index (χ1) is 9.99. The van der Waals surface area contributed by atoms with Gasteiger partial charge in [0.1, 0.15) is 4.90 Å². The molecule has 2 N–H and O–H groups in total. The number of sulfonamides is 1. The van der Waals surface area contributed by atoms with E-state index in [0.29, 0.717) is 10.8 Å². The van der Waals surface area contributed by atoms with Crippen molar-refractivity contribution in [3.8, 4) is 0 Å². The van der Waals surface area contributed by atoms with Crippen molar-refractivity contribution < 1.29 is 13.5 Å². The number of hydrogen-bond donors (Lipinski definition) is 2. The maximum atomic E-state index is 12.4. The van der Waals surface area contributed by atoms with Crippen LogP contribution in [0.1, 0.15) is 29.1 Å². The van der Waals surface area contributed by atoms with Gasteiger partial charge in [0.2, 0.25) is 0 Å². The molecule has 0 unspecified atom stereocenters. The largest absolute Gasteiger partial charge is 0.390 e. The highest BCUT2D eigenvalue weighted by Gasteiger charge is 2.21. The number of aromatic nitrogens is 2. The molecule has 2 heterocycles. The van der Waals surface area contributed by atoms with Crippen LogP contribution in [-0.2, 0) is 36.5 Å². The third-order valence-corrected chi connectivity index (χ3v) is 6.13. The Morgan fingerprint density at radius 1 is 1.43 bits per heavy atom. The van der Waals surface area contributed by atoms with Crippen molar-refractivity contribution in [2.45, 2.75) is 37.2 Å². The quantitative estimate of drug-likeness (QED) is 0.894. The van der Waals surface area contributed by atoms with Gasteiger partial charge in [-0.2, -0.15) is 0 Å². The van der Waals surface area contributed by atoms with Crippen molar-refractivity contribution in [2.75, 3.05) is 4.72 Å². The van der Waals surface area contributed by atoms with Crippen LogP contribution in [0.25, 0.3) is 0 Å². The monoisotopic (exact) mass is 327 g/mol. The zero-order valence-corrected chi connectivity index (χ0v) is 13.3. The van der Waals surface area contributed by atoms with Gasteiger partial charge >= 0.3 is 0 Å². The minimum Gasteiger partial charge on any atom is -0.390 e. The number of rotatable bonds is 4. The molecule has 1 aliphatic carbocycles. The summed E-state index contributed by atoms with van der Waals surface area (Å²) in [5.74, 6) is 0. The zero-order chi connectivity index (χ0) is 15.0. The highest BCUT2D eigenvalue weighted by atomic mass is 32.2. The Hall–Kier alpha value is -1.38. The number of fused-ring (bicyclic) bond motifs is 1. The summed E-state index contributed by atoms with van der Waals surface area (Å²) < 4.78 is 28.9. The van der Waals surface area contributed by atoms with Gasteiger partial charge in [-0.25, -0.2) is 13.4 Å². The number of aryl methyl sites for hydroxylation is 3. The van der Waals surface area contributed by atoms with Crippen LogP contribution in [0, 0.1) is 0 Å². The summed E-state index contributed by atoms with van der Waals surface area (Å²) in [6.45, 7) is -0.197. The number of nitrogens with one attached hydrogen (secondary N) is 1. The van der Waals surface area contributed by atoms with E-state index in [4.69, 9.17) is 5.11 Å². The smallest absolute Gasteiger partial charge is 0.265 e. The van der Waals surface area contributed by atoms with E-state index in [1.807, 2.05) is 0 Å². The summed E-state index contributed by atoms with van der Waals surface area (Å²) >= 11 is 1.42. The molecule has 0 saturated heterocycles. The molecule has 2 aromatic rings. The normalized spacial score (nSPS) is 15.0. The zero-order valence-electron chi connectivity index (χ0n) is 11.7. The van der Waals surface area contributed by atoms with Crippen LogP contribution in [0.15, 0.2) is 17.2 Å². The lowest BCUT2D eigenvalue weighted by Gasteiger charge is -2.06. The molecule has 6 nitrogen and oxygen atoms in total. The summed E-state index contributed by atoms with van der Waals surface area (Å²) in [6.07, 6.45) is 5.64. The van der Waals surface area contributed by atoms with Gasteiger partial charge in [0.05, 0.1) is 12.3 Å². The summed E-state index contributed by atoms with van der Waals surface area (Å²) in [7, 11) is -1.96. The fourth-order valence-corrected chi connectivity index (χ4v) is 4.83. The summed E-state index contributed by atoms with van der Waals surface area (Å²) in [5.41, 5.74) is 1.57. The molecule has 3 rings (SSSR count). The van der Waals surface area contributed by atoms with Gasteiger partial charge in [-0.3, -0.25) is 4.72 Å². The van der Waals surface area contributed by atoms with Crippen molar-refractivity contribution in [3.05, 3.63) is 28.5 Å². The fourth-order valence-electron chi connectivity index (χ4n) is 2.45. The van der Waals surface area contributed by atoms with Gasteiger partial charge in [0, 0.05) is 23.8 Å². The molecule has 0 bridgehead atoms. The molecular formula is C13H17N3O3S2. The maximum Gasteiger partial charge on any atom is 0.265 e. The lowest BCUT2D eigenvalue weighted by atomic mass is 10.0. The lowest BCUT2D eigenvalue weighted by Crippen LogP contribution is -2.12. The van der Waals surface area contributed by atoms with E-state index in [-0.39, 0.29) is 11.5 Å². The Bertz CT molecular complexity index is 738. The molecule has 114 valence electrons. The SMILES string of the molecule is Cn1cc(S(=O)(=O)Nc2nc3c(s2)CCCC3)cc1CO. The third kappa shape index (κ3) is 2.83. The predicted molar refractivity (Wildman–Crippen MR) is 80.9 cm³/mol. The van der Waals surface area contributed by atoms with E-state index in [1.165, 1.54) is 28.5 Å². The predicted octanol–water partition coefficient (Wildman–Crippen LogP) is 1.65. The molecular weight excluding hydrogens is 310 g/mol. The van der Waals surface area contributed by atoms with Crippen LogP contribution in [0.2, 0.25) is 0 Å². The second kappa shape index (κ2) is 5.43. The number of nitrogens with zero attached hydrogens (tertiary/aromatic N) is 2. The summed E-state index contributed by atoms with van der Waals surface area (Å²) in [4.78, 5) is 5.71. The van der Waals surface area contributed by atoms with Gasteiger partial charge in [0.25, 0.3) is 10.0 Å². The molecule has 2 aromatic heterocycles. The van der Waals surface area contributed by atoms with Gasteiger partial charge in [-0.1, -0.05) is 0 Å². The molecule has 21 heavy (non-hydrogen) atoms. The number of thiazole rings is 1. The van der Waals surface area contributed by atoms with Gasteiger partial charge < -0.3 is 9.67 Å². The Kier molecular flexibility index (Phi) is 3.76. The van der Waals surface area contributed by atoms with Crippen molar-refractivity contribution in [1.29, 1.82) is 0 Å². The molecule has 8 heteroatoms. The van der Waals surface area contributed by atoms with Crippen LogP contribution < -0.4 is 4.72 Å². The molecule has 1 aliphatic rings. The van der Waals surface area contributed by atoms with Crippen molar-refractivity contribution in [1.82, 2.24) is 9.55 Å². The average Bonchev–Trinajstić information content (AvgIpc) is 3.00. The molecule has 0 aliphatic heterocycles. The molecule has 0 saturated carbocycles. The minimum atomic E-state index is -3.66. The van der Waals surface area contributed by atoms with Gasteiger partial charge in [0.15, 0.2) is 5.13 Å². The van der Waals surface area contributed by atoms with Crippen LogP contribution in [0.4, 0.5) is 5.13 Å². The van der Waals surface area contributed by atoms with Crippen LogP contribution >= 0.6 is 11.3 Å². The molecule has 0 radical (unpaired) electrons. The van der Waals surface area contributed by atoms with E-state index >= 15 is 0 Å². The number of aliphatic hydroxyl groups is 1. The second-order valence-electron chi connectivity index (χ2n) is 5.14. The molecule has 0 aromatic carbocycles. The van der Waals surface area contributed by atoms with Crippen LogP contribution in [-0.4, -0.2) is 23.1 Å². The standard InChI is InChI=1S/C13H17N3O3S2/c1-16-7-10(6-9(16)8-17)21(18,19)15-13-14-11-4-2-3-5-12(11)20-13/h6-7,17H,2-5,8H2,1H3,(H,14,15). The van der Waals surface area contributed by atoms with E-state index in [0.717, 1.165) is 31.4 Å². The first-order valence-corrected chi connectivity index (χ1v) is 9.07. The molecule has 0 fully saturated rings. The Morgan fingerprint density at radius 2 is 2.19 bits per heavy atom. The van der Waals surface area contributed by atoms with Crippen molar-refractivity contribution >= 4 is 26.5 Å². The lowest BCUT2D eigenvalue weighted by molar-refractivity contribution is 0.272. The van der Waals surface area contributed by atoms with Crippen molar-refractivity contribution in [3.63, 3.8) is 0 Å². The first kappa shape index (κ1) is 14.6. The summed E-state index contributed by atoms with van der Waals surface area (Å²) in [5, 5.41) is 9.58. The highest BCUT2D eigenvalue weighted by Crippen LogP contribution is 2.30. The molecule has 0 spiro atoms. The number of anilines is 1. The van der Waals surface area contributed by atoms with E-state index in [9.17, 15) is 8.42 Å². The summed E-state index contributed by atoms with van der Waals surface area (Å²) in [6, 6.07) is 1.47. The van der Waals surface area contributed by atoms with E-state index in [1.54, 1.807) is 11.6 Å². The van der Waals surface area contributed by atoms with Gasteiger partial charge in [-0.05, 0) is 31.7 Å². The van der Waals surface area contributed by atoms with E-state index < -0.39 is 10.0 Å².